The van der Waals surface area contributed by atoms with Gasteiger partial charge in [0.1, 0.15) is 11.2 Å². The van der Waals surface area contributed by atoms with Gasteiger partial charge in [0.2, 0.25) is 0 Å². The number of para-hydroxylation sites is 1. The van der Waals surface area contributed by atoms with Crippen LogP contribution < -0.4 is 5.73 Å². The molecule has 2 heteroatoms. The van der Waals surface area contributed by atoms with Gasteiger partial charge < -0.3 is 10.2 Å². The minimum atomic E-state index is 0.0329. The Morgan fingerprint density at radius 3 is 2.50 bits per heavy atom. The zero-order valence-electron chi connectivity index (χ0n) is 12.3. The highest BCUT2D eigenvalue weighted by molar-refractivity contribution is 6.05. The lowest BCUT2D eigenvalue weighted by Crippen LogP contribution is -2.28. The van der Waals surface area contributed by atoms with Gasteiger partial charge >= 0.3 is 0 Å². The molecule has 20 heavy (non-hydrogen) atoms. The maximum Gasteiger partial charge on any atom is 0.135 e. The van der Waals surface area contributed by atoms with E-state index < -0.39 is 0 Å². The number of hydrogen-bond donors (Lipinski definition) is 1. The Balaban J connectivity index is 2.17. The smallest absolute Gasteiger partial charge is 0.135 e. The standard InChI is InChI=1S/C18H21NO/c1-4-18(2,3)17(19)12-9-10-16-14(11-12)13-7-5-6-8-15(13)20-16/h5-11,17H,4,19H2,1-3H3. The Bertz CT molecular complexity index is 754. The van der Waals surface area contributed by atoms with Gasteiger partial charge in [-0.05, 0) is 35.6 Å². The minimum absolute atomic E-state index is 0.0329. The van der Waals surface area contributed by atoms with Crippen LogP contribution in [0.3, 0.4) is 0 Å². The fourth-order valence-corrected chi connectivity index (χ4v) is 2.61. The van der Waals surface area contributed by atoms with Crippen molar-refractivity contribution in [2.75, 3.05) is 0 Å². The largest absolute Gasteiger partial charge is 0.456 e. The van der Waals surface area contributed by atoms with E-state index in [-0.39, 0.29) is 11.5 Å². The second-order valence-electron chi connectivity index (χ2n) is 6.17. The molecule has 1 heterocycles. The summed E-state index contributed by atoms with van der Waals surface area (Å²) in [4.78, 5) is 0. The number of rotatable bonds is 3. The average Bonchev–Trinajstić information content (AvgIpc) is 2.84. The molecule has 0 aliphatic rings. The predicted octanol–water partition coefficient (Wildman–Crippen LogP) is 5.02. The molecule has 1 aromatic heterocycles. The maximum absolute atomic E-state index is 6.46. The van der Waals surface area contributed by atoms with E-state index in [4.69, 9.17) is 10.2 Å². The molecule has 1 atom stereocenters. The van der Waals surface area contributed by atoms with Gasteiger partial charge in [-0.25, -0.2) is 0 Å². The average molecular weight is 267 g/mol. The lowest BCUT2D eigenvalue weighted by atomic mass is 9.79. The van der Waals surface area contributed by atoms with Crippen LogP contribution in [0.1, 0.15) is 38.8 Å². The summed E-state index contributed by atoms with van der Waals surface area (Å²) >= 11 is 0. The number of fused-ring (bicyclic) bond motifs is 3. The number of furan rings is 1. The Labute approximate surface area is 119 Å². The fraction of sp³-hybridized carbons (Fsp3) is 0.333. The first-order chi connectivity index (χ1) is 9.53. The van der Waals surface area contributed by atoms with E-state index in [1.54, 1.807) is 0 Å². The summed E-state index contributed by atoms with van der Waals surface area (Å²) in [6.45, 7) is 6.62. The van der Waals surface area contributed by atoms with Gasteiger partial charge in [-0.15, -0.1) is 0 Å². The summed E-state index contributed by atoms with van der Waals surface area (Å²) in [5.74, 6) is 0. The van der Waals surface area contributed by atoms with E-state index >= 15 is 0 Å². The number of hydrogen-bond acceptors (Lipinski definition) is 2. The topological polar surface area (TPSA) is 39.2 Å². The van der Waals surface area contributed by atoms with Crippen LogP contribution in [-0.4, -0.2) is 0 Å². The molecular formula is C18H21NO. The van der Waals surface area contributed by atoms with Crippen molar-refractivity contribution in [1.82, 2.24) is 0 Å². The third-order valence-electron chi connectivity index (χ3n) is 4.51. The van der Waals surface area contributed by atoms with Crippen molar-refractivity contribution in [3.05, 3.63) is 48.0 Å². The summed E-state index contributed by atoms with van der Waals surface area (Å²) in [5, 5.41) is 2.31. The molecule has 0 saturated carbocycles. The molecule has 3 rings (SSSR count). The van der Waals surface area contributed by atoms with Gasteiger partial charge in [-0.1, -0.05) is 45.0 Å². The van der Waals surface area contributed by atoms with Crippen LogP contribution >= 0.6 is 0 Å². The molecule has 3 aromatic rings. The Hall–Kier alpha value is -1.80. The maximum atomic E-state index is 6.46. The molecule has 0 bridgehead atoms. The zero-order chi connectivity index (χ0) is 14.3. The number of benzene rings is 2. The molecule has 0 saturated heterocycles. The molecule has 104 valence electrons. The third-order valence-corrected chi connectivity index (χ3v) is 4.51. The van der Waals surface area contributed by atoms with Crippen LogP contribution in [0.2, 0.25) is 0 Å². The summed E-state index contributed by atoms with van der Waals surface area (Å²) in [5.41, 5.74) is 9.58. The first-order valence-corrected chi connectivity index (χ1v) is 7.19. The molecule has 0 radical (unpaired) electrons. The Morgan fingerprint density at radius 1 is 1.05 bits per heavy atom. The monoisotopic (exact) mass is 267 g/mol. The molecule has 2 N–H and O–H groups in total. The Morgan fingerprint density at radius 2 is 1.75 bits per heavy atom. The van der Waals surface area contributed by atoms with Crippen LogP contribution in [0.15, 0.2) is 46.9 Å². The van der Waals surface area contributed by atoms with Gasteiger partial charge in [0, 0.05) is 16.8 Å². The lowest BCUT2D eigenvalue weighted by molar-refractivity contribution is 0.278. The van der Waals surface area contributed by atoms with Crippen LogP contribution in [-0.2, 0) is 0 Å². The Kier molecular flexibility index (Phi) is 3.06. The zero-order valence-corrected chi connectivity index (χ0v) is 12.3. The fourth-order valence-electron chi connectivity index (χ4n) is 2.61. The molecule has 2 nitrogen and oxygen atoms in total. The van der Waals surface area contributed by atoms with Crippen molar-refractivity contribution in [2.45, 2.75) is 33.2 Å². The predicted molar refractivity (Wildman–Crippen MR) is 84.7 cm³/mol. The summed E-state index contributed by atoms with van der Waals surface area (Å²) in [7, 11) is 0. The van der Waals surface area contributed by atoms with Gasteiger partial charge in [0.15, 0.2) is 0 Å². The lowest BCUT2D eigenvalue weighted by Gasteiger charge is -2.30. The van der Waals surface area contributed by atoms with E-state index in [1.165, 1.54) is 5.56 Å². The van der Waals surface area contributed by atoms with Crippen molar-refractivity contribution in [1.29, 1.82) is 0 Å². The van der Waals surface area contributed by atoms with Gasteiger partial charge in [0.05, 0.1) is 0 Å². The van der Waals surface area contributed by atoms with E-state index in [0.29, 0.717) is 0 Å². The van der Waals surface area contributed by atoms with E-state index in [2.05, 4.69) is 39.0 Å². The SMILES string of the molecule is CCC(C)(C)C(N)c1ccc2oc3ccccc3c2c1. The van der Waals surface area contributed by atoms with Crippen molar-refractivity contribution < 1.29 is 4.42 Å². The van der Waals surface area contributed by atoms with Crippen molar-refractivity contribution in [3.63, 3.8) is 0 Å². The molecule has 0 spiro atoms. The highest BCUT2D eigenvalue weighted by Gasteiger charge is 2.26. The van der Waals surface area contributed by atoms with Gasteiger partial charge in [-0.2, -0.15) is 0 Å². The van der Waals surface area contributed by atoms with E-state index in [9.17, 15) is 0 Å². The first kappa shape index (κ1) is 13.2. The molecule has 1 unspecified atom stereocenters. The van der Waals surface area contributed by atoms with Crippen LogP contribution in [0.25, 0.3) is 21.9 Å². The first-order valence-electron chi connectivity index (χ1n) is 7.19. The third kappa shape index (κ3) is 2.01. The van der Waals surface area contributed by atoms with E-state index in [1.807, 2.05) is 24.3 Å². The second kappa shape index (κ2) is 4.64. The molecule has 0 aliphatic carbocycles. The highest BCUT2D eigenvalue weighted by atomic mass is 16.3. The normalized spacial score (nSPS) is 14.0. The van der Waals surface area contributed by atoms with Crippen molar-refractivity contribution in [3.8, 4) is 0 Å². The quantitative estimate of drug-likeness (QED) is 0.723. The molecule has 0 amide bonds. The molecule has 0 aliphatic heterocycles. The van der Waals surface area contributed by atoms with Crippen molar-refractivity contribution >= 4 is 21.9 Å². The van der Waals surface area contributed by atoms with Crippen LogP contribution in [0.5, 0.6) is 0 Å². The van der Waals surface area contributed by atoms with Gasteiger partial charge in [-0.3, -0.25) is 0 Å². The number of nitrogens with two attached hydrogens (primary N) is 1. The van der Waals surface area contributed by atoms with Crippen LogP contribution in [0.4, 0.5) is 0 Å². The van der Waals surface area contributed by atoms with E-state index in [0.717, 1.165) is 28.4 Å². The van der Waals surface area contributed by atoms with Gasteiger partial charge in [0.25, 0.3) is 0 Å². The van der Waals surface area contributed by atoms with Crippen LogP contribution in [0, 0.1) is 5.41 Å². The minimum Gasteiger partial charge on any atom is -0.456 e. The summed E-state index contributed by atoms with van der Waals surface area (Å²) < 4.78 is 5.86. The molecular weight excluding hydrogens is 246 g/mol. The summed E-state index contributed by atoms with van der Waals surface area (Å²) in [6, 6.07) is 14.5. The second-order valence-corrected chi connectivity index (χ2v) is 6.17. The van der Waals surface area contributed by atoms with Crippen molar-refractivity contribution in [2.24, 2.45) is 11.1 Å². The summed E-state index contributed by atoms with van der Waals surface area (Å²) in [6.07, 6.45) is 1.05. The highest BCUT2D eigenvalue weighted by Crippen LogP contribution is 2.37. The molecule has 2 aromatic carbocycles. The molecule has 0 fully saturated rings.